The van der Waals surface area contributed by atoms with Crippen LogP contribution in [0.3, 0.4) is 0 Å². The van der Waals surface area contributed by atoms with Crippen molar-refractivity contribution in [1.29, 1.82) is 0 Å². The number of carbonyl (C=O) groups is 1. The highest BCUT2D eigenvalue weighted by Gasteiger charge is 2.26. The molecule has 1 fully saturated rings. The van der Waals surface area contributed by atoms with Gasteiger partial charge in [-0.1, -0.05) is 0 Å². The Morgan fingerprint density at radius 2 is 2.04 bits per heavy atom. The van der Waals surface area contributed by atoms with Gasteiger partial charge in [-0.05, 0) is 50.3 Å². The van der Waals surface area contributed by atoms with Crippen LogP contribution < -0.4 is 10.1 Å². The third-order valence-corrected chi connectivity index (χ3v) is 5.11. The number of nitrogens with one attached hydrogen (secondary N) is 1. The van der Waals surface area contributed by atoms with E-state index in [4.69, 9.17) is 9.47 Å². The van der Waals surface area contributed by atoms with E-state index >= 15 is 0 Å². The first kappa shape index (κ1) is 17.2. The number of nitrogens with zero attached hydrogens (tertiary/aromatic N) is 1. The van der Waals surface area contributed by atoms with Gasteiger partial charge in [0.15, 0.2) is 0 Å². The van der Waals surface area contributed by atoms with Crippen molar-refractivity contribution in [3.63, 3.8) is 0 Å². The lowest BCUT2D eigenvalue weighted by Gasteiger charge is -2.33. The molecule has 2 aliphatic rings. The molecule has 24 heavy (non-hydrogen) atoms. The molecule has 0 aliphatic carbocycles. The SMILES string of the molecule is CCOC1CCN(Cc2c(OC)cc(C)c3c2CCC(=O)N3)CC1. The summed E-state index contributed by atoms with van der Waals surface area (Å²) in [5, 5.41) is 3.05. The van der Waals surface area contributed by atoms with Gasteiger partial charge in [-0.15, -0.1) is 0 Å². The molecule has 3 rings (SSSR count). The van der Waals surface area contributed by atoms with Crippen LogP contribution >= 0.6 is 0 Å². The van der Waals surface area contributed by atoms with Gasteiger partial charge < -0.3 is 14.8 Å². The third-order valence-electron chi connectivity index (χ3n) is 5.11. The first-order valence-corrected chi connectivity index (χ1v) is 8.95. The Morgan fingerprint density at radius 1 is 1.29 bits per heavy atom. The van der Waals surface area contributed by atoms with Gasteiger partial charge in [-0.25, -0.2) is 0 Å². The van der Waals surface area contributed by atoms with E-state index in [9.17, 15) is 4.79 Å². The number of piperidine rings is 1. The lowest BCUT2D eigenvalue weighted by atomic mass is 9.92. The molecule has 1 saturated heterocycles. The molecule has 0 unspecified atom stereocenters. The summed E-state index contributed by atoms with van der Waals surface area (Å²) in [6.45, 7) is 7.85. The van der Waals surface area contributed by atoms with Crippen LogP contribution in [0.25, 0.3) is 0 Å². The zero-order valence-electron chi connectivity index (χ0n) is 15.0. The fraction of sp³-hybridized carbons (Fsp3) is 0.632. The molecule has 5 nitrogen and oxygen atoms in total. The van der Waals surface area contributed by atoms with Crippen LogP contribution in [-0.4, -0.2) is 43.7 Å². The molecule has 0 radical (unpaired) electrons. The van der Waals surface area contributed by atoms with Gasteiger partial charge in [0.2, 0.25) is 5.91 Å². The highest BCUT2D eigenvalue weighted by atomic mass is 16.5. The molecular weight excluding hydrogens is 304 g/mol. The Kier molecular flexibility index (Phi) is 5.41. The number of rotatable bonds is 5. The van der Waals surface area contributed by atoms with E-state index in [0.717, 1.165) is 62.5 Å². The molecule has 2 heterocycles. The number of fused-ring (bicyclic) bond motifs is 1. The molecule has 0 atom stereocenters. The molecule has 5 heteroatoms. The molecule has 1 aromatic rings. The van der Waals surface area contributed by atoms with Crippen molar-refractivity contribution in [3.05, 3.63) is 22.8 Å². The summed E-state index contributed by atoms with van der Waals surface area (Å²) in [5.41, 5.74) is 4.55. The highest BCUT2D eigenvalue weighted by Crippen LogP contribution is 2.36. The van der Waals surface area contributed by atoms with Gasteiger partial charge in [-0.2, -0.15) is 0 Å². The average Bonchev–Trinajstić information content (AvgIpc) is 2.59. The molecule has 0 saturated carbocycles. The Labute approximate surface area is 144 Å². The van der Waals surface area contributed by atoms with Gasteiger partial charge in [0.1, 0.15) is 5.75 Å². The number of hydrogen-bond acceptors (Lipinski definition) is 4. The Balaban J connectivity index is 1.80. The molecular formula is C19H28N2O3. The molecule has 0 bridgehead atoms. The second kappa shape index (κ2) is 7.53. The second-order valence-corrected chi connectivity index (χ2v) is 6.71. The van der Waals surface area contributed by atoms with Crippen LogP contribution in [0, 0.1) is 6.92 Å². The smallest absolute Gasteiger partial charge is 0.224 e. The van der Waals surface area contributed by atoms with Crippen LogP contribution in [0.1, 0.15) is 42.9 Å². The zero-order valence-corrected chi connectivity index (χ0v) is 15.0. The summed E-state index contributed by atoms with van der Waals surface area (Å²) in [6, 6.07) is 2.05. The maximum Gasteiger partial charge on any atom is 0.224 e. The lowest BCUT2D eigenvalue weighted by molar-refractivity contribution is -0.116. The molecule has 132 valence electrons. The fourth-order valence-corrected chi connectivity index (χ4v) is 3.83. The highest BCUT2D eigenvalue weighted by molar-refractivity contribution is 5.95. The minimum Gasteiger partial charge on any atom is -0.496 e. The minimum atomic E-state index is 0.110. The summed E-state index contributed by atoms with van der Waals surface area (Å²) >= 11 is 0. The topological polar surface area (TPSA) is 50.8 Å². The van der Waals surface area contributed by atoms with Gasteiger partial charge in [0, 0.05) is 43.9 Å². The number of amides is 1. The predicted molar refractivity (Wildman–Crippen MR) is 94.6 cm³/mol. The monoisotopic (exact) mass is 332 g/mol. The summed E-state index contributed by atoms with van der Waals surface area (Å²) in [5.74, 6) is 1.05. The maximum absolute atomic E-state index is 11.8. The van der Waals surface area contributed by atoms with Crippen molar-refractivity contribution in [1.82, 2.24) is 4.90 Å². The number of methoxy groups -OCH3 is 1. The molecule has 0 aromatic heterocycles. The number of hydrogen-bond donors (Lipinski definition) is 1. The average molecular weight is 332 g/mol. The second-order valence-electron chi connectivity index (χ2n) is 6.71. The quantitative estimate of drug-likeness (QED) is 0.901. The summed E-state index contributed by atoms with van der Waals surface area (Å²) in [7, 11) is 1.73. The van der Waals surface area contributed by atoms with E-state index in [-0.39, 0.29) is 5.91 Å². The minimum absolute atomic E-state index is 0.110. The summed E-state index contributed by atoms with van der Waals surface area (Å²) in [6.07, 6.45) is 3.92. The van der Waals surface area contributed by atoms with E-state index in [1.807, 2.05) is 13.0 Å². The number of aryl methyl sites for hydroxylation is 1. The predicted octanol–water partition coefficient (Wildman–Crippen LogP) is 2.89. The molecule has 1 N–H and O–H groups in total. The van der Waals surface area contributed by atoms with Crippen LogP contribution in [0.2, 0.25) is 0 Å². The van der Waals surface area contributed by atoms with Crippen molar-refractivity contribution in [2.75, 3.05) is 32.1 Å². The number of ether oxygens (including phenoxy) is 2. The van der Waals surface area contributed by atoms with E-state index in [0.29, 0.717) is 12.5 Å². The summed E-state index contributed by atoms with van der Waals surface area (Å²) < 4.78 is 11.4. The number of anilines is 1. The molecule has 2 aliphatic heterocycles. The maximum atomic E-state index is 11.8. The van der Waals surface area contributed by atoms with Crippen LogP contribution in [-0.2, 0) is 22.5 Å². The van der Waals surface area contributed by atoms with E-state index < -0.39 is 0 Å². The van der Waals surface area contributed by atoms with Crippen LogP contribution in [0.5, 0.6) is 5.75 Å². The molecule has 0 spiro atoms. The number of carbonyl (C=O) groups excluding carboxylic acids is 1. The van der Waals surface area contributed by atoms with Crippen molar-refractivity contribution in [2.45, 2.75) is 52.2 Å². The largest absolute Gasteiger partial charge is 0.496 e. The number of likely N-dealkylation sites (tertiary alicyclic amines) is 1. The van der Waals surface area contributed by atoms with Crippen LogP contribution in [0.15, 0.2) is 6.07 Å². The van der Waals surface area contributed by atoms with E-state index in [1.54, 1.807) is 7.11 Å². The van der Waals surface area contributed by atoms with E-state index in [1.165, 1.54) is 11.1 Å². The van der Waals surface area contributed by atoms with E-state index in [2.05, 4.69) is 17.1 Å². The van der Waals surface area contributed by atoms with Crippen molar-refractivity contribution >= 4 is 11.6 Å². The Morgan fingerprint density at radius 3 is 2.71 bits per heavy atom. The lowest BCUT2D eigenvalue weighted by Crippen LogP contribution is -2.37. The fourth-order valence-electron chi connectivity index (χ4n) is 3.83. The first-order valence-electron chi connectivity index (χ1n) is 8.95. The van der Waals surface area contributed by atoms with Gasteiger partial charge in [0.05, 0.1) is 13.2 Å². The number of benzene rings is 1. The zero-order chi connectivity index (χ0) is 17.1. The van der Waals surface area contributed by atoms with Crippen molar-refractivity contribution in [3.8, 4) is 5.75 Å². The Bertz CT molecular complexity index is 607. The van der Waals surface area contributed by atoms with Gasteiger partial charge in [0.25, 0.3) is 0 Å². The third kappa shape index (κ3) is 3.57. The first-order chi connectivity index (χ1) is 11.6. The van der Waals surface area contributed by atoms with Crippen molar-refractivity contribution in [2.24, 2.45) is 0 Å². The standard InChI is InChI=1S/C19H28N2O3/c1-4-24-14-7-9-21(10-8-14)12-16-15-5-6-18(22)20-19(15)13(2)11-17(16)23-3/h11,14H,4-10,12H2,1-3H3,(H,20,22). The van der Waals surface area contributed by atoms with Gasteiger partial charge in [-0.3, -0.25) is 9.69 Å². The van der Waals surface area contributed by atoms with Crippen LogP contribution in [0.4, 0.5) is 5.69 Å². The van der Waals surface area contributed by atoms with Gasteiger partial charge >= 0.3 is 0 Å². The normalized spacial score (nSPS) is 19.0. The summed E-state index contributed by atoms with van der Waals surface area (Å²) in [4.78, 5) is 14.2. The van der Waals surface area contributed by atoms with Crippen molar-refractivity contribution < 1.29 is 14.3 Å². The molecule has 1 aromatic carbocycles. The molecule has 1 amide bonds. The Hall–Kier alpha value is -1.59.